The molecule has 2 aromatic carbocycles. The topological polar surface area (TPSA) is 98.5 Å². The first-order valence-corrected chi connectivity index (χ1v) is 11.6. The molecule has 0 saturated heterocycles. The standard InChI is InChI=1S/C18H21BrN2O5S2/c1-18(2,3)20-28(24,25)15-8-9-17(16(12-15)21(22)23)27-11-10-26-14-6-4-13(19)5-7-14/h4-9,12,20H,10-11H2,1-3H3. The van der Waals surface area contributed by atoms with Gasteiger partial charge < -0.3 is 4.74 Å². The molecule has 1 N–H and O–H groups in total. The molecule has 0 saturated carbocycles. The normalized spacial score (nSPS) is 12.0. The minimum atomic E-state index is -3.85. The highest BCUT2D eigenvalue weighted by atomic mass is 79.9. The van der Waals surface area contributed by atoms with Crippen molar-refractivity contribution in [1.82, 2.24) is 4.72 Å². The van der Waals surface area contributed by atoms with Gasteiger partial charge in [-0.05, 0) is 57.2 Å². The molecule has 0 fully saturated rings. The smallest absolute Gasteiger partial charge is 0.284 e. The second-order valence-electron chi connectivity index (χ2n) is 6.89. The van der Waals surface area contributed by atoms with E-state index in [1.165, 1.54) is 23.9 Å². The molecule has 0 aliphatic heterocycles. The van der Waals surface area contributed by atoms with Gasteiger partial charge in [-0.3, -0.25) is 10.1 Å². The highest BCUT2D eigenvalue weighted by molar-refractivity contribution is 9.10. The molecule has 2 rings (SSSR count). The largest absolute Gasteiger partial charge is 0.493 e. The van der Waals surface area contributed by atoms with Crippen LogP contribution in [-0.4, -0.2) is 31.2 Å². The van der Waals surface area contributed by atoms with Crippen molar-refractivity contribution in [3.8, 4) is 5.75 Å². The number of hydrogen-bond donors (Lipinski definition) is 1. The summed E-state index contributed by atoms with van der Waals surface area (Å²) in [4.78, 5) is 11.1. The minimum Gasteiger partial charge on any atom is -0.493 e. The lowest BCUT2D eigenvalue weighted by molar-refractivity contribution is -0.388. The number of nitrogens with zero attached hydrogens (tertiary/aromatic N) is 1. The van der Waals surface area contributed by atoms with Crippen LogP contribution < -0.4 is 9.46 Å². The van der Waals surface area contributed by atoms with Crippen LogP contribution in [0.25, 0.3) is 0 Å². The second-order valence-corrected chi connectivity index (χ2v) is 10.6. The maximum atomic E-state index is 12.4. The number of benzene rings is 2. The molecule has 0 aliphatic carbocycles. The van der Waals surface area contributed by atoms with E-state index in [4.69, 9.17) is 4.74 Å². The molecular formula is C18H21BrN2O5S2. The summed E-state index contributed by atoms with van der Waals surface area (Å²) in [6.45, 7) is 5.47. The van der Waals surface area contributed by atoms with Crippen molar-refractivity contribution in [1.29, 1.82) is 0 Å². The lowest BCUT2D eigenvalue weighted by atomic mass is 10.1. The van der Waals surface area contributed by atoms with Crippen LogP contribution in [0.4, 0.5) is 5.69 Å². The van der Waals surface area contributed by atoms with Crippen LogP contribution in [0.5, 0.6) is 5.75 Å². The van der Waals surface area contributed by atoms with Crippen molar-refractivity contribution in [2.75, 3.05) is 12.4 Å². The zero-order valence-corrected chi connectivity index (χ0v) is 18.9. The van der Waals surface area contributed by atoms with Gasteiger partial charge in [0.2, 0.25) is 10.0 Å². The van der Waals surface area contributed by atoms with E-state index in [1.807, 2.05) is 24.3 Å². The molecule has 152 valence electrons. The van der Waals surface area contributed by atoms with E-state index < -0.39 is 20.5 Å². The number of nitro benzene ring substituents is 1. The summed E-state index contributed by atoms with van der Waals surface area (Å²) >= 11 is 4.58. The van der Waals surface area contributed by atoms with E-state index >= 15 is 0 Å². The number of ether oxygens (including phenoxy) is 1. The number of rotatable bonds is 8. The zero-order valence-electron chi connectivity index (χ0n) is 15.6. The number of nitrogens with one attached hydrogen (secondary N) is 1. The molecule has 7 nitrogen and oxygen atoms in total. The van der Waals surface area contributed by atoms with E-state index in [-0.39, 0.29) is 10.6 Å². The van der Waals surface area contributed by atoms with Crippen LogP contribution in [-0.2, 0) is 10.0 Å². The van der Waals surface area contributed by atoms with E-state index in [1.54, 1.807) is 20.8 Å². The third kappa shape index (κ3) is 6.77. The lowest BCUT2D eigenvalue weighted by Crippen LogP contribution is -2.40. The van der Waals surface area contributed by atoms with E-state index in [0.717, 1.165) is 10.5 Å². The molecule has 2 aromatic rings. The Labute approximate surface area is 177 Å². The van der Waals surface area contributed by atoms with Gasteiger partial charge in [0.25, 0.3) is 5.69 Å². The highest BCUT2D eigenvalue weighted by Gasteiger charge is 2.25. The summed E-state index contributed by atoms with van der Waals surface area (Å²) in [5, 5.41) is 11.4. The summed E-state index contributed by atoms with van der Waals surface area (Å²) in [5.41, 5.74) is -0.934. The van der Waals surface area contributed by atoms with E-state index in [2.05, 4.69) is 20.7 Å². The highest BCUT2D eigenvalue weighted by Crippen LogP contribution is 2.31. The van der Waals surface area contributed by atoms with Gasteiger partial charge in [0.15, 0.2) is 0 Å². The van der Waals surface area contributed by atoms with Crippen LogP contribution in [0.2, 0.25) is 0 Å². The van der Waals surface area contributed by atoms with Gasteiger partial charge in [-0.2, -0.15) is 0 Å². The molecule has 28 heavy (non-hydrogen) atoms. The molecule has 0 amide bonds. The second kappa shape index (κ2) is 9.25. The van der Waals surface area contributed by atoms with Crippen molar-refractivity contribution in [3.63, 3.8) is 0 Å². The van der Waals surface area contributed by atoms with E-state index in [0.29, 0.717) is 23.0 Å². The van der Waals surface area contributed by atoms with Crippen LogP contribution in [0.1, 0.15) is 20.8 Å². The van der Waals surface area contributed by atoms with Gasteiger partial charge in [0.05, 0.1) is 21.3 Å². The molecule has 0 radical (unpaired) electrons. The predicted octanol–water partition coefficient (Wildman–Crippen LogP) is 4.61. The van der Waals surface area contributed by atoms with Crippen LogP contribution in [0.3, 0.4) is 0 Å². The lowest BCUT2D eigenvalue weighted by Gasteiger charge is -2.20. The molecule has 0 heterocycles. The summed E-state index contributed by atoms with van der Waals surface area (Å²) < 4.78 is 33.9. The fraction of sp³-hybridized carbons (Fsp3) is 0.333. The molecular weight excluding hydrogens is 468 g/mol. The first kappa shape index (κ1) is 22.7. The Morgan fingerprint density at radius 2 is 1.82 bits per heavy atom. The number of thioether (sulfide) groups is 1. The van der Waals surface area contributed by atoms with Crippen LogP contribution in [0, 0.1) is 10.1 Å². The van der Waals surface area contributed by atoms with Gasteiger partial charge in [-0.1, -0.05) is 15.9 Å². The van der Waals surface area contributed by atoms with Crippen LogP contribution >= 0.6 is 27.7 Å². The Bertz CT molecular complexity index is 941. The molecule has 0 aliphatic rings. The average molecular weight is 489 g/mol. The monoisotopic (exact) mass is 488 g/mol. The number of hydrogen-bond acceptors (Lipinski definition) is 6. The Hall–Kier alpha value is -1.62. The Morgan fingerprint density at radius 1 is 1.18 bits per heavy atom. The first-order valence-electron chi connectivity index (χ1n) is 8.31. The summed E-state index contributed by atoms with van der Waals surface area (Å²) in [7, 11) is -3.85. The van der Waals surface area contributed by atoms with Gasteiger partial charge >= 0.3 is 0 Å². The van der Waals surface area contributed by atoms with Gasteiger partial charge in [-0.25, -0.2) is 13.1 Å². The van der Waals surface area contributed by atoms with Crippen LogP contribution in [0.15, 0.2) is 56.7 Å². The van der Waals surface area contributed by atoms with Gasteiger partial charge in [0, 0.05) is 21.8 Å². The maximum absolute atomic E-state index is 12.4. The third-order valence-corrected chi connectivity index (χ3v) is 6.61. The number of nitro groups is 1. The molecule has 0 atom stereocenters. The average Bonchev–Trinajstić information content (AvgIpc) is 2.58. The molecule has 0 unspecified atom stereocenters. The van der Waals surface area contributed by atoms with Crippen molar-refractivity contribution in [2.45, 2.75) is 36.1 Å². The van der Waals surface area contributed by atoms with E-state index in [9.17, 15) is 18.5 Å². The molecule has 0 bridgehead atoms. The SMILES string of the molecule is CC(C)(C)NS(=O)(=O)c1ccc(SCCOc2ccc(Br)cc2)c([N+](=O)[O-])c1. The maximum Gasteiger partial charge on any atom is 0.284 e. The van der Waals surface area contributed by atoms with Gasteiger partial charge in [0.1, 0.15) is 5.75 Å². The third-order valence-electron chi connectivity index (χ3n) is 3.30. The number of sulfonamides is 1. The van der Waals surface area contributed by atoms with Crippen molar-refractivity contribution < 1.29 is 18.1 Å². The van der Waals surface area contributed by atoms with Gasteiger partial charge in [-0.15, -0.1) is 11.8 Å². The molecule has 10 heteroatoms. The fourth-order valence-electron chi connectivity index (χ4n) is 2.23. The quantitative estimate of drug-likeness (QED) is 0.252. The Kier molecular flexibility index (Phi) is 7.49. The van der Waals surface area contributed by atoms with Crippen molar-refractivity contribution in [2.24, 2.45) is 0 Å². The van der Waals surface area contributed by atoms with Crippen molar-refractivity contribution >= 4 is 43.4 Å². The molecule has 0 spiro atoms. The first-order chi connectivity index (χ1) is 13.0. The summed E-state index contributed by atoms with van der Waals surface area (Å²) in [5.74, 6) is 1.18. The fourth-order valence-corrected chi connectivity index (χ4v) is 4.77. The molecule has 0 aromatic heterocycles. The Balaban J connectivity index is 2.08. The Morgan fingerprint density at radius 3 is 2.39 bits per heavy atom. The zero-order chi connectivity index (χ0) is 20.9. The minimum absolute atomic E-state index is 0.135. The predicted molar refractivity (Wildman–Crippen MR) is 114 cm³/mol. The summed E-state index contributed by atoms with van der Waals surface area (Å²) in [6.07, 6.45) is 0. The summed E-state index contributed by atoms with van der Waals surface area (Å²) in [6, 6.07) is 11.3. The van der Waals surface area contributed by atoms with Crippen molar-refractivity contribution in [3.05, 3.63) is 57.1 Å². The number of halogens is 1.